The molecule has 0 aliphatic heterocycles. The average Bonchev–Trinajstić information content (AvgIpc) is 2.54. The van der Waals surface area contributed by atoms with Gasteiger partial charge in [-0.15, -0.1) is 0 Å². The molecule has 0 bridgehead atoms. The summed E-state index contributed by atoms with van der Waals surface area (Å²) in [6, 6.07) is 15.6. The van der Waals surface area contributed by atoms with Crippen LogP contribution in [0.2, 0.25) is 5.02 Å². The van der Waals surface area contributed by atoms with Crippen LogP contribution in [-0.2, 0) is 11.2 Å². The van der Waals surface area contributed by atoms with E-state index in [0.717, 1.165) is 23.2 Å². The van der Waals surface area contributed by atoms with Crippen molar-refractivity contribution in [2.24, 2.45) is 0 Å². The van der Waals surface area contributed by atoms with E-state index < -0.39 is 0 Å². The van der Waals surface area contributed by atoms with Gasteiger partial charge < -0.3 is 10.6 Å². The predicted octanol–water partition coefficient (Wildman–Crippen LogP) is 4.19. The summed E-state index contributed by atoms with van der Waals surface area (Å²) in [5.41, 5.74) is 3.13. The van der Waals surface area contributed by atoms with Gasteiger partial charge in [0.1, 0.15) is 0 Å². The summed E-state index contributed by atoms with van der Waals surface area (Å²) < 4.78 is 0. The molecule has 1 amide bonds. The summed E-state index contributed by atoms with van der Waals surface area (Å²) in [5, 5.41) is 6.89. The Morgan fingerprint density at radius 3 is 2.50 bits per heavy atom. The number of carbonyl (C=O) groups excluding carboxylic acids is 1. The summed E-state index contributed by atoms with van der Waals surface area (Å²) in [6.45, 7) is 4.37. The first kappa shape index (κ1) is 16.5. The zero-order valence-electron chi connectivity index (χ0n) is 12.9. The molecule has 0 saturated carbocycles. The Kier molecular flexibility index (Phi) is 5.99. The van der Waals surface area contributed by atoms with Gasteiger partial charge >= 0.3 is 0 Å². The van der Waals surface area contributed by atoms with E-state index in [2.05, 4.69) is 17.6 Å². The van der Waals surface area contributed by atoms with Gasteiger partial charge in [-0.1, -0.05) is 48.9 Å². The van der Waals surface area contributed by atoms with Crippen LogP contribution in [0.3, 0.4) is 0 Å². The second-order valence-corrected chi connectivity index (χ2v) is 5.65. The largest absolute Gasteiger partial charge is 0.325 e. The van der Waals surface area contributed by atoms with E-state index in [9.17, 15) is 4.79 Å². The van der Waals surface area contributed by atoms with Gasteiger partial charge in [-0.05, 0) is 42.7 Å². The third kappa shape index (κ3) is 4.58. The van der Waals surface area contributed by atoms with Crippen molar-refractivity contribution < 1.29 is 4.79 Å². The Morgan fingerprint density at radius 2 is 1.82 bits per heavy atom. The van der Waals surface area contributed by atoms with Crippen LogP contribution >= 0.6 is 11.6 Å². The molecule has 0 heterocycles. The van der Waals surface area contributed by atoms with E-state index in [1.165, 1.54) is 0 Å². The highest BCUT2D eigenvalue weighted by molar-refractivity contribution is 6.30. The minimum absolute atomic E-state index is 0.0401. The Labute approximate surface area is 136 Å². The van der Waals surface area contributed by atoms with Crippen molar-refractivity contribution in [3.8, 4) is 0 Å². The maximum absolute atomic E-state index is 12.1. The van der Waals surface area contributed by atoms with Gasteiger partial charge in [0.25, 0.3) is 0 Å². The lowest BCUT2D eigenvalue weighted by Crippen LogP contribution is -2.30. The fraction of sp³-hybridized carbons (Fsp3) is 0.278. The van der Waals surface area contributed by atoms with Crippen molar-refractivity contribution in [2.45, 2.75) is 26.3 Å². The maximum atomic E-state index is 12.1. The maximum Gasteiger partial charge on any atom is 0.238 e. The Balaban J connectivity index is 1.88. The number of hydrogen-bond donors (Lipinski definition) is 2. The number of anilines is 1. The van der Waals surface area contributed by atoms with Crippen molar-refractivity contribution in [3.63, 3.8) is 0 Å². The molecule has 116 valence electrons. The van der Waals surface area contributed by atoms with Gasteiger partial charge in [-0.2, -0.15) is 0 Å². The smallest absolute Gasteiger partial charge is 0.238 e. The molecule has 0 aromatic heterocycles. The second-order valence-electron chi connectivity index (χ2n) is 5.21. The fourth-order valence-electron chi connectivity index (χ4n) is 2.26. The van der Waals surface area contributed by atoms with Gasteiger partial charge in [0.05, 0.1) is 6.54 Å². The van der Waals surface area contributed by atoms with Crippen molar-refractivity contribution in [1.82, 2.24) is 5.32 Å². The normalized spacial score (nSPS) is 12.0. The van der Waals surface area contributed by atoms with Crippen LogP contribution in [0.4, 0.5) is 5.69 Å². The van der Waals surface area contributed by atoms with Crippen LogP contribution < -0.4 is 10.6 Å². The van der Waals surface area contributed by atoms with E-state index in [1.807, 2.05) is 55.5 Å². The van der Waals surface area contributed by atoms with E-state index >= 15 is 0 Å². The lowest BCUT2D eigenvalue weighted by Gasteiger charge is -2.15. The molecule has 0 unspecified atom stereocenters. The van der Waals surface area contributed by atoms with E-state index in [0.29, 0.717) is 5.02 Å². The molecule has 0 saturated heterocycles. The summed E-state index contributed by atoms with van der Waals surface area (Å²) >= 11 is 5.88. The number of rotatable bonds is 6. The Morgan fingerprint density at radius 1 is 1.14 bits per heavy atom. The van der Waals surface area contributed by atoms with Crippen LogP contribution in [0.5, 0.6) is 0 Å². The highest BCUT2D eigenvalue weighted by Crippen LogP contribution is 2.17. The van der Waals surface area contributed by atoms with Gasteiger partial charge in [0.2, 0.25) is 5.91 Å². The molecule has 0 fully saturated rings. The second kappa shape index (κ2) is 7.97. The first-order chi connectivity index (χ1) is 10.6. The van der Waals surface area contributed by atoms with Crippen molar-refractivity contribution in [2.75, 3.05) is 11.9 Å². The van der Waals surface area contributed by atoms with Crippen LogP contribution in [0.1, 0.15) is 31.0 Å². The SMILES string of the molecule is CCc1ccccc1NC(=O)CN[C@H](C)c1ccc(Cl)cc1. The topological polar surface area (TPSA) is 41.1 Å². The van der Waals surface area contributed by atoms with E-state index in [1.54, 1.807) is 0 Å². The molecule has 0 aliphatic carbocycles. The van der Waals surface area contributed by atoms with Crippen LogP contribution in [0.15, 0.2) is 48.5 Å². The fourth-order valence-corrected chi connectivity index (χ4v) is 2.39. The number of carbonyl (C=O) groups is 1. The van der Waals surface area contributed by atoms with Gasteiger partial charge in [0.15, 0.2) is 0 Å². The third-order valence-electron chi connectivity index (χ3n) is 3.61. The van der Waals surface area contributed by atoms with Gasteiger partial charge in [0, 0.05) is 16.8 Å². The van der Waals surface area contributed by atoms with Crippen molar-refractivity contribution in [3.05, 3.63) is 64.7 Å². The van der Waals surface area contributed by atoms with Gasteiger partial charge in [-0.3, -0.25) is 4.79 Å². The number of nitrogens with one attached hydrogen (secondary N) is 2. The predicted molar refractivity (Wildman–Crippen MR) is 92.3 cm³/mol. The molecular formula is C18H21ClN2O. The van der Waals surface area contributed by atoms with Gasteiger partial charge in [-0.25, -0.2) is 0 Å². The monoisotopic (exact) mass is 316 g/mol. The zero-order chi connectivity index (χ0) is 15.9. The molecule has 2 N–H and O–H groups in total. The van der Waals surface area contributed by atoms with Crippen LogP contribution in [0, 0.1) is 0 Å². The number of benzene rings is 2. The summed E-state index contributed by atoms with van der Waals surface area (Å²) in [6.07, 6.45) is 0.894. The highest BCUT2D eigenvalue weighted by atomic mass is 35.5. The molecule has 0 radical (unpaired) electrons. The minimum atomic E-state index is -0.0401. The first-order valence-corrected chi connectivity index (χ1v) is 7.84. The van der Waals surface area contributed by atoms with E-state index in [-0.39, 0.29) is 18.5 Å². The highest BCUT2D eigenvalue weighted by Gasteiger charge is 2.09. The molecular weight excluding hydrogens is 296 g/mol. The summed E-state index contributed by atoms with van der Waals surface area (Å²) in [7, 11) is 0. The van der Waals surface area contributed by atoms with E-state index in [4.69, 9.17) is 11.6 Å². The zero-order valence-corrected chi connectivity index (χ0v) is 13.7. The summed E-state index contributed by atoms with van der Waals surface area (Å²) in [5.74, 6) is -0.0401. The molecule has 22 heavy (non-hydrogen) atoms. The lowest BCUT2D eigenvalue weighted by molar-refractivity contribution is -0.115. The first-order valence-electron chi connectivity index (χ1n) is 7.46. The minimum Gasteiger partial charge on any atom is -0.325 e. The standard InChI is InChI=1S/C18H21ClN2O/c1-3-14-6-4-5-7-17(14)21-18(22)12-20-13(2)15-8-10-16(19)11-9-15/h4-11,13,20H,3,12H2,1-2H3,(H,21,22)/t13-/m1/s1. The molecule has 1 atom stereocenters. The van der Waals surface area contributed by atoms with Crippen molar-refractivity contribution >= 4 is 23.2 Å². The van der Waals surface area contributed by atoms with Crippen LogP contribution in [0.25, 0.3) is 0 Å². The lowest BCUT2D eigenvalue weighted by atomic mass is 10.1. The molecule has 4 heteroatoms. The summed E-state index contributed by atoms with van der Waals surface area (Å²) in [4.78, 5) is 12.1. The van der Waals surface area contributed by atoms with Crippen LogP contribution in [-0.4, -0.2) is 12.5 Å². The Bertz CT molecular complexity index is 625. The Hall–Kier alpha value is -1.84. The molecule has 2 aromatic rings. The van der Waals surface area contributed by atoms with Crippen molar-refractivity contribution in [1.29, 1.82) is 0 Å². The molecule has 0 spiro atoms. The number of halogens is 1. The quantitative estimate of drug-likeness (QED) is 0.839. The number of aryl methyl sites for hydroxylation is 1. The third-order valence-corrected chi connectivity index (χ3v) is 3.86. The molecule has 2 aromatic carbocycles. The molecule has 0 aliphatic rings. The average molecular weight is 317 g/mol. The number of para-hydroxylation sites is 1. The number of amides is 1. The number of hydrogen-bond acceptors (Lipinski definition) is 2. The molecule has 2 rings (SSSR count). The molecule has 3 nitrogen and oxygen atoms in total.